The second kappa shape index (κ2) is 7.52. The molecule has 2 rings (SSSR count). The number of carboxylic acids is 1. The summed E-state index contributed by atoms with van der Waals surface area (Å²) in [6.07, 6.45) is -5.10. The van der Waals surface area contributed by atoms with Gasteiger partial charge in [-0.2, -0.15) is 13.2 Å². The first kappa shape index (κ1) is 18.1. The molecule has 1 heterocycles. The van der Waals surface area contributed by atoms with Crippen LogP contribution in [0.2, 0.25) is 0 Å². The number of benzene rings is 1. The molecule has 1 saturated heterocycles. The lowest BCUT2D eigenvalue weighted by Gasteiger charge is -2.33. The number of carbonyl (C=O) groups is 2. The monoisotopic (exact) mass is 346 g/mol. The van der Waals surface area contributed by atoms with Crippen molar-refractivity contribution in [3.63, 3.8) is 0 Å². The molecular weight excluding hydrogens is 329 g/mol. The van der Waals surface area contributed by atoms with Gasteiger partial charge in [-0.1, -0.05) is 12.1 Å². The van der Waals surface area contributed by atoms with Crippen LogP contribution in [0.1, 0.15) is 23.7 Å². The van der Waals surface area contributed by atoms with Crippen LogP contribution in [-0.2, 0) is 15.7 Å². The fourth-order valence-corrected chi connectivity index (χ4v) is 2.31. The van der Waals surface area contributed by atoms with Crippen molar-refractivity contribution in [3.8, 4) is 0 Å². The second-order valence-corrected chi connectivity index (χ2v) is 5.30. The topological polar surface area (TPSA) is 78.9 Å². The van der Waals surface area contributed by atoms with E-state index in [-0.39, 0.29) is 26.1 Å². The van der Waals surface area contributed by atoms with Crippen LogP contribution >= 0.6 is 0 Å². The van der Waals surface area contributed by atoms with Gasteiger partial charge < -0.3 is 20.1 Å². The summed E-state index contributed by atoms with van der Waals surface area (Å²) in [7, 11) is 0. The number of hydrogen-bond acceptors (Lipinski definition) is 3. The summed E-state index contributed by atoms with van der Waals surface area (Å²) in [5.74, 6) is -1.01. The van der Waals surface area contributed by atoms with Crippen molar-refractivity contribution in [2.75, 3.05) is 26.2 Å². The minimum Gasteiger partial charge on any atom is -0.481 e. The first-order chi connectivity index (χ1) is 11.3. The van der Waals surface area contributed by atoms with Crippen LogP contribution in [0.5, 0.6) is 0 Å². The molecule has 0 aromatic heterocycles. The average Bonchev–Trinajstić information content (AvgIpc) is 2.54. The van der Waals surface area contributed by atoms with Crippen LogP contribution in [0.25, 0.3) is 0 Å². The quantitative estimate of drug-likeness (QED) is 0.877. The number of rotatable bonds is 4. The van der Waals surface area contributed by atoms with Gasteiger partial charge in [-0.3, -0.25) is 4.79 Å². The van der Waals surface area contributed by atoms with Gasteiger partial charge >= 0.3 is 18.2 Å². The zero-order chi connectivity index (χ0) is 17.7. The molecule has 0 bridgehead atoms. The molecule has 1 aliphatic rings. The number of hydrogen-bond donors (Lipinski definition) is 2. The normalized spacial score (nSPS) is 18.3. The van der Waals surface area contributed by atoms with E-state index in [1.54, 1.807) is 0 Å². The Kier molecular flexibility index (Phi) is 5.66. The molecule has 1 atom stereocenters. The van der Waals surface area contributed by atoms with Gasteiger partial charge in [-0.05, 0) is 17.7 Å². The van der Waals surface area contributed by atoms with Gasteiger partial charge in [0.15, 0.2) is 0 Å². The summed E-state index contributed by atoms with van der Waals surface area (Å²) in [4.78, 5) is 23.8. The van der Waals surface area contributed by atoms with Gasteiger partial charge in [0.25, 0.3) is 0 Å². The largest absolute Gasteiger partial charge is 0.481 e. The zero-order valence-electron chi connectivity index (χ0n) is 12.7. The van der Waals surface area contributed by atoms with E-state index >= 15 is 0 Å². The molecule has 1 unspecified atom stereocenters. The summed E-state index contributed by atoms with van der Waals surface area (Å²) in [5, 5.41) is 11.0. The summed E-state index contributed by atoms with van der Waals surface area (Å²) in [5.41, 5.74) is -0.198. The molecule has 0 saturated carbocycles. The third kappa shape index (κ3) is 4.85. The number of ether oxygens (including phenoxy) is 1. The Morgan fingerprint density at radius 1 is 1.29 bits per heavy atom. The van der Waals surface area contributed by atoms with Crippen LogP contribution in [0.15, 0.2) is 24.3 Å². The fourth-order valence-electron chi connectivity index (χ4n) is 2.31. The number of nitrogens with one attached hydrogen (secondary N) is 1. The highest BCUT2D eigenvalue weighted by molar-refractivity contribution is 5.75. The Morgan fingerprint density at radius 3 is 2.54 bits per heavy atom. The minimum absolute atomic E-state index is 0.0104. The van der Waals surface area contributed by atoms with Gasteiger partial charge in [0, 0.05) is 13.1 Å². The first-order valence-electron chi connectivity index (χ1n) is 7.30. The summed E-state index contributed by atoms with van der Waals surface area (Å²) in [6.45, 7) is 0.773. The summed E-state index contributed by atoms with van der Waals surface area (Å²) < 4.78 is 43.2. The number of amides is 2. The van der Waals surface area contributed by atoms with Gasteiger partial charge in [-0.25, -0.2) is 4.79 Å². The molecule has 1 aliphatic heterocycles. The molecule has 9 heteroatoms. The number of urea groups is 1. The van der Waals surface area contributed by atoms with E-state index in [2.05, 4.69) is 5.32 Å². The highest BCUT2D eigenvalue weighted by Crippen LogP contribution is 2.31. The van der Waals surface area contributed by atoms with E-state index in [1.165, 1.54) is 17.0 Å². The third-order valence-electron chi connectivity index (χ3n) is 3.58. The lowest BCUT2D eigenvalue weighted by molar-refractivity contribution is -0.138. The van der Waals surface area contributed by atoms with Crippen molar-refractivity contribution in [1.29, 1.82) is 0 Å². The Hall–Kier alpha value is -2.29. The van der Waals surface area contributed by atoms with Crippen molar-refractivity contribution in [2.24, 2.45) is 0 Å². The highest BCUT2D eigenvalue weighted by atomic mass is 19.4. The second-order valence-electron chi connectivity index (χ2n) is 5.30. The molecule has 0 aliphatic carbocycles. The number of carbonyl (C=O) groups excluding carboxylic acids is 1. The van der Waals surface area contributed by atoms with Crippen molar-refractivity contribution in [3.05, 3.63) is 35.4 Å². The predicted octanol–water partition coefficient (Wildman–Crippen LogP) is 2.26. The lowest BCUT2D eigenvalue weighted by atomic mass is 10.1. The molecular formula is C15H17F3N2O4. The van der Waals surface area contributed by atoms with Crippen molar-refractivity contribution < 1.29 is 32.6 Å². The minimum atomic E-state index is -4.40. The molecule has 24 heavy (non-hydrogen) atoms. The molecule has 1 aromatic carbocycles. The standard InChI is InChI=1S/C15H17F3N2O4/c16-15(17,18)11-3-1-10(2-4-11)12-9-20(7-8-24-12)14(23)19-6-5-13(21)22/h1-4,12H,5-9H2,(H,19,23)(H,21,22). The Balaban J connectivity index is 1.95. The average molecular weight is 346 g/mol. The number of aliphatic carboxylic acids is 1. The van der Waals surface area contributed by atoms with Crippen LogP contribution in [0.3, 0.4) is 0 Å². The predicted molar refractivity (Wildman–Crippen MR) is 77.4 cm³/mol. The van der Waals surface area contributed by atoms with Gasteiger partial charge in [0.1, 0.15) is 6.10 Å². The summed E-state index contributed by atoms with van der Waals surface area (Å²) in [6, 6.07) is 4.20. The van der Waals surface area contributed by atoms with Gasteiger partial charge in [0.2, 0.25) is 0 Å². The van der Waals surface area contributed by atoms with Gasteiger partial charge in [-0.15, -0.1) is 0 Å². The van der Waals surface area contributed by atoms with Gasteiger partial charge in [0.05, 0.1) is 25.1 Å². The Labute approximate surface area is 136 Å². The molecule has 1 aromatic rings. The van der Waals surface area contributed by atoms with E-state index in [0.717, 1.165) is 12.1 Å². The summed E-state index contributed by atoms with van der Waals surface area (Å²) >= 11 is 0. The Morgan fingerprint density at radius 2 is 1.96 bits per heavy atom. The molecule has 1 fully saturated rings. The number of morpholine rings is 1. The maximum Gasteiger partial charge on any atom is 0.416 e. The van der Waals surface area contributed by atoms with E-state index in [0.29, 0.717) is 12.1 Å². The molecule has 132 valence electrons. The number of halogens is 3. The van der Waals surface area contributed by atoms with Crippen LogP contribution in [0, 0.1) is 0 Å². The fraction of sp³-hybridized carbons (Fsp3) is 0.467. The van der Waals surface area contributed by atoms with Crippen molar-refractivity contribution in [1.82, 2.24) is 10.2 Å². The van der Waals surface area contributed by atoms with E-state index in [4.69, 9.17) is 9.84 Å². The number of carboxylic acid groups (broad SMARTS) is 1. The third-order valence-corrected chi connectivity index (χ3v) is 3.58. The highest BCUT2D eigenvalue weighted by Gasteiger charge is 2.31. The maximum atomic E-state index is 12.6. The maximum absolute atomic E-state index is 12.6. The van der Waals surface area contributed by atoms with Crippen LogP contribution in [0.4, 0.5) is 18.0 Å². The zero-order valence-corrected chi connectivity index (χ0v) is 12.7. The number of nitrogens with zero attached hydrogens (tertiary/aromatic N) is 1. The smallest absolute Gasteiger partial charge is 0.416 e. The van der Waals surface area contributed by atoms with Crippen LogP contribution in [-0.4, -0.2) is 48.2 Å². The molecule has 2 N–H and O–H groups in total. The molecule has 6 nitrogen and oxygen atoms in total. The van der Waals surface area contributed by atoms with E-state index in [9.17, 15) is 22.8 Å². The SMILES string of the molecule is O=C(O)CCNC(=O)N1CCOC(c2ccc(C(F)(F)F)cc2)C1. The number of alkyl halides is 3. The van der Waals surface area contributed by atoms with Crippen molar-refractivity contribution in [2.45, 2.75) is 18.7 Å². The molecule has 2 amide bonds. The first-order valence-corrected chi connectivity index (χ1v) is 7.30. The van der Waals surface area contributed by atoms with E-state index in [1.807, 2.05) is 0 Å². The Bertz CT molecular complexity index is 589. The molecule has 0 spiro atoms. The lowest BCUT2D eigenvalue weighted by Crippen LogP contribution is -2.47. The van der Waals surface area contributed by atoms with E-state index < -0.39 is 29.8 Å². The molecule has 0 radical (unpaired) electrons. The van der Waals surface area contributed by atoms with Crippen molar-refractivity contribution >= 4 is 12.0 Å². The van der Waals surface area contributed by atoms with Crippen LogP contribution < -0.4 is 5.32 Å².